The molecule has 0 aromatic rings. The first kappa shape index (κ1) is 23.6. The minimum Gasteiger partial charge on any atom is -0.383 e. The number of aliphatic hydroxyl groups is 1. The van der Waals surface area contributed by atoms with Crippen molar-refractivity contribution in [3.05, 3.63) is 11.6 Å². The van der Waals surface area contributed by atoms with Gasteiger partial charge in [0, 0.05) is 23.7 Å². The van der Waals surface area contributed by atoms with E-state index in [2.05, 4.69) is 13.8 Å². The zero-order valence-electron chi connectivity index (χ0n) is 19.9. The van der Waals surface area contributed by atoms with Crippen LogP contribution in [0.2, 0.25) is 0 Å². The molecule has 3 saturated carbocycles. The molecule has 2 aliphatic heterocycles. The Morgan fingerprint density at radius 1 is 0.941 bits per heavy atom. The Labute approximate surface area is 196 Å². The van der Waals surface area contributed by atoms with Crippen molar-refractivity contribution in [2.24, 2.45) is 22.7 Å². The van der Waals surface area contributed by atoms with E-state index in [9.17, 15) is 27.1 Å². The van der Waals surface area contributed by atoms with Crippen LogP contribution in [-0.2, 0) is 14.2 Å². The summed E-state index contributed by atoms with van der Waals surface area (Å²) in [5, 5.41) is 10.9. The van der Waals surface area contributed by atoms with E-state index >= 15 is 0 Å². The lowest BCUT2D eigenvalue weighted by atomic mass is 9.52. The van der Waals surface area contributed by atoms with E-state index in [1.54, 1.807) is 0 Å². The number of halogens is 5. The predicted molar refractivity (Wildman–Crippen MR) is 111 cm³/mol. The molecular weight excluding hydrogens is 459 g/mol. The topological polar surface area (TPSA) is 51.2 Å². The lowest BCUT2D eigenvalue weighted by Crippen LogP contribution is -2.65. The van der Waals surface area contributed by atoms with Crippen LogP contribution in [0.5, 0.6) is 0 Å². The summed E-state index contributed by atoms with van der Waals surface area (Å²) in [6.45, 7) is 6.83. The number of hydrogen-bond donors (Lipinski definition) is 1. The number of fused-ring (bicyclic) bond motifs is 3. The van der Waals surface area contributed by atoms with Crippen LogP contribution in [-0.4, -0.2) is 53.0 Å². The zero-order valence-corrected chi connectivity index (χ0v) is 19.9. The quantitative estimate of drug-likeness (QED) is 0.297. The average Bonchev–Trinajstić information content (AvgIpc) is 3.35. The summed E-state index contributed by atoms with van der Waals surface area (Å²) in [7, 11) is 0. The number of rotatable bonds is 1. The number of hydrogen-bond acceptors (Lipinski definition) is 4. The molecule has 2 saturated heterocycles. The Bertz CT molecular complexity index is 936. The third kappa shape index (κ3) is 2.63. The number of epoxide rings is 1. The molecule has 4 aliphatic carbocycles. The minimum atomic E-state index is -5.80. The zero-order chi connectivity index (χ0) is 24.6. The van der Waals surface area contributed by atoms with Crippen molar-refractivity contribution in [2.75, 3.05) is 13.2 Å². The molecule has 2 heterocycles. The first-order valence-electron chi connectivity index (χ1n) is 12.4. The third-order valence-electron chi connectivity index (χ3n) is 10.3. The fourth-order valence-corrected chi connectivity index (χ4v) is 8.34. The van der Waals surface area contributed by atoms with Gasteiger partial charge in [0.05, 0.1) is 13.2 Å². The molecule has 1 spiro atoms. The Morgan fingerprint density at radius 3 is 2.26 bits per heavy atom. The first-order valence-corrected chi connectivity index (χ1v) is 12.4. The summed E-state index contributed by atoms with van der Waals surface area (Å²) in [6, 6.07) is 0. The average molecular weight is 493 g/mol. The van der Waals surface area contributed by atoms with E-state index in [-0.39, 0.29) is 24.2 Å². The van der Waals surface area contributed by atoms with Crippen LogP contribution in [0.1, 0.15) is 72.1 Å². The van der Waals surface area contributed by atoms with Crippen molar-refractivity contribution < 1.29 is 41.3 Å². The maximum absolute atomic E-state index is 14.6. The van der Waals surface area contributed by atoms with Crippen molar-refractivity contribution in [2.45, 2.75) is 107 Å². The second-order valence-corrected chi connectivity index (χ2v) is 12.8. The van der Waals surface area contributed by atoms with Crippen LogP contribution in [0.4, 0.5) is 22.0 Å². The summed E-state index contributed by atoms with van der Waals surface area (Å²) in [5.74, 6) is -6.44. The largest absolute Gasteiger partial charge is 0.456 e. The van der Waals surface area contributed by atoms with E-state index in [1.807, 2.05) is 6.08 Å². The van der Waals surface area contributed by atoms with Gasteiger partial charge in [0.1, 0.15) is 16.8 Å². The molecule has 0 aromatic heterocycles. The van der Waals surface area contributed by atoms with Crippen molar-refractivity contribution in [1.29, 1.82) is 0 Å². The fraction of sp³-hybridized carbons (Fsp3) is 0.920. The fourth-order valence-electron chi connectivity index (χ4n) is 8.34. The van der Waals surface area contributed by atoms with E-state index in [4.69, 9.17) is 14.2 Å². The molecule has 3 unspecified atom stereocenters. The number of alkyl halides is 5. The Kier molecular flexibility index (Phi) is 4.43. The van der Waals surface area contributed by atoms with Crippen LogP contribution in [0, 0.1) is 22.7 Å². The highest BCUT2D eigenvalue weighted by molar-refractivity contribution is 5.44. The molecule has 1 N–H and O–H groups in total. The third-order valence-corrected chi connectivity index (χ3v) is 10.3. The lowest BCUT2D eigenvalue weighted by molar-refractivity contribution is -0.361. The summed E-state index contributed by atoms with van der Waals surface area (Å²) < 4.78 is 88.2. The maximum atomic E-state index is 14.6. The maximum Gasteiger partial charge on any atom is 0.456 e. The van der Waals surface area contributed by atoms with Gasteiger partial charge in [-0.25, -0.2) is 0 Å². The molecule has 0 radical (unpaired) electrons. The van der Waals surface area contributed by atoms with Gasteiger partial charge in [-0.1, -0.05) is 26.8 Å². The Morgan fingerprint density at radius 2 is 1.62 bits per heavy atom. The van der Waals surface area contributed by atoms with E-state index in [0.717, 1.165) is 5.57 Å². The molecule has 34 heavy (non-hydrogen) atoms. The van der Waals surface area contributed by atoms with Gasteiger partial charge in [0.2, 0.25) is 0 Å². The van der Waals surface area contributed by atoms with Gasteiger partial charge in [-0.05, 0) is 55.9 Å². The van der Waals surface area contributed by atoms with Crippen molar-refractivity contribution in [3.8, 4) is 0 Å². The van der Waals surface area contributed by atoms with Crippen LogP contribution < -0.4 is 0 Å². The Balaban J connectivity index is 1.29. The molecule has 0 amide bonds. The second-order valence-electron chi connectivity index (χ2n) is 12.8. The molecule has 5 fully saturated rings. The molecule has 9 heteroatoms. The van der Waals surface area contributed by atoms with Gasteiger partial charge in [-0.3, -0.25) is 0 Å². The highest BCUT2D eigenvalue weighted by Gasteiger charge is 2.82. The molecule has 6 aliphatic rings. The minimum absolute atomic E-state index is 0.0147. The van der Waals surface area contributed by atoms with Crippen LogP contribution in [0.15, 0.2) is 11.6 Å². The molecule has 4 nitrogen and oxygen atoms in total. The second kappa shape index (κ2) is 6.37. The first-order chi connectivity index (χ1) is 15.6. The van der Waals surface area contributed by atoms with Gasteiger partial charge in [0.15, 0.2) is 5.79 Å². The molecule has 192 valence electrons. The predicted octanol–water partition coefficient (Wildman–Crippen LogP) is 5.53. The van der Waals surface area contributed by atoms with Gasteiger partial charge in [-0.2, -0.15) is 22.0 Å². The normalized spacial score (nSPS) is 48.9. The molecule has 6 atom stereocenters. The van der Waals surface area contributed by atoms with Crippen molar-refractivity contribution in [3.63, 3.8) is 0 Å². The van der Waals surface area contributed by atoms with Gasteiger partial charge in [0.25, 0.3) is 0 Å². The van der Waals surface area contributed by atoms with Gasteiger partial charge in [-0.15, -0.1) is 0 Å². The van der Waals surface area contributed by atoms with Crippen molar-refractivity contribution in [1.82, 2.24) is 0 Å². The highest BCUT2D eigenvalue weighted by Crippen LogP contribution is 2.75. The monoisotopic (exact) mass is 492 g/mol. The molecule has 6 rings (SSSR count). The van der Waals surface area contributed by atoms with Gasteiger partial charge >= 0.3 is 12.1 Å². The van der Waals surface area contributed by atoms with Crippen LogP contribution in [0.3, 0.4) is 0 Å². The summed E-state index contributed by atoms with van der Waals surface area (Å²) in [6.07, 6.45) is -1.11. The SMILES string of the molecule is CC1(C)COC2(CC[C@]34OC3(CCC3C4=CCC4(C)[C@H]3CC[C@@]4(O)C(F)(F)C(F)(F)F)C2)OC1. The van der Waals surface area contributed by atoms with Gasteiger partial charge < -0.3 is 19.3 Å². The van der Waals surface area contributed by atoms with Crippen LogP contribution in [0.25, 0.3) is 0 Å². The summed E-state index contributed by atoms with van der Waals surface area (Å²) in [4.78, 5) is 0. The highest BCUT2D eigenvalue weighted by atomic mass is 19.4. The van der Waals surface area contributed by atoms with E-state index in [0.29, 0.717) is 45.3 Å². The smallest absolute Gasteiger partial charge is 0.383 e. The molecule has 0 aromatic carbocycles. The summed E-state index contributed by atoms with van der Waals surface area (Å²) in [5.41, 5.74) is -4.60. The molecule has 0 bridgehead atoms. The van der Waals surface area contributed by atoms with E-state index in [1.165, 1.54) is 6.92 Å². The lowest BCUT2D eigenvalue weighted by Gasteiger charge is -2.54. The Hall–Kier alpha value is -0.770. The standard InChI is InChI=1S/C25H33F5O4/c1-18(2)13-32-21(33-14-18)10-11-22-17-5-7-19(3)16(15(17)4-8-20(22,12-21)34-22)6-9-23(19,31)24(26,27)25(28,29)30/h5,15-16,31H,4,6-14H2,1-3H3/t15?,16-,19?,20?,22+,23-/m0/s1. The van der Waals surface area contributed by atoms with Crippen molar-refractivity contribution >= 4 is 0 Å². The van der Waals surface area contributed by atoms with Crippen LogP contribution >= 0.6 is 0 Å². The molecular formula is C25H33F5O4. The number of ether oxygens (including phenoxy) is 3. The number of allylic oxidation sites excluding steroid dienone is 1. The van der Waals surface area contributed by atoms with E-state index < -0.39 is 52.4 Å². The summed E-state index contributed by atoms with van der Waals surface area (Å²) >= 11 is 0.